The van der Waals surface area contributed by atoms with Gasteiger partial charge >= 0.3 is 18.0 Å². The third-order valence-electron chi connectivity index (χ3n) is 19.1. The fourth-order valence-corrected chi connectivity index (χ4v) is 14.0. The number of hydrogen-bond acceptors (Lipinski definition) is 37. The molecule has 3 saturated heterocycles. The van der Waals surface area contributed by atoms with Crippen LogP contribution < -0.4 is 71.8 Å². The van der Waals surface area contributed by atoms with E-state index in [0.717, 1.165) is 111 Å². The van der Waals surface area contributed by atoms with Crippen LogP contribution in [-0.2, 0) is 49.9 Å². The Balaban J connectivity index is 0.000000231. The predicted molar refractivity (Wildman–Crippen MR) is 505 cm³/mol. The van der Waals surface area contributed by atoms with Crippen molar-refractivity contribution in [3.05, 3.63) is 130 Å². The molecule has 6 atom stereocenters. The second kappa shape index (κ2) is 56.0. The number of aryl methyl sites for hydroxylation is 3. The molecule has 0 saturated carbocycles. The van der Waals surface area contributed by atoms with Crippen LogP contribution in [0.15, 0.2) is 104 Å². The van der Waals surface area contributed by atoms with Gasteiger partial charge in [0.25, 0.3) is 5.91 Å². The number of pyridine rings is 3. The molecule has 0 radical (unpaired) electrons. The van der Waals surface area contributed by atoms with Gasteiger partial charge in [-0.05, 0) is 129 Å². The number of methoxy groups -OCH3 is 4. The monoisotopic (exact) mass is 1960 g/mol. The summed E-state index contributed by atoms with van der Waals surface area (Å²) in [4.78, 5) is 75.2. The van der Waals surface area contributed by atoms with Crippen molar-refractivity contribution >= 4 is 103 Å². The zero-order chi connectivity index (χ0) is 96.6. The van der Waals surface area contributed by atoms with Crippen molar-refractivity contribution in [2.75, 3.05) is 160 Å². The molecule has 0 spiro atoms. The number of sulfone groups is 1. The van der Waals surface area contributed by atoms with Crippen LogP contribution in [0.5, 0.6) is 35.3 Å². The first-order valence-corrected chi connectivity index (χ1v) is 46.0. The number of nitrogens with one attached hydrogen (secondary N) is 2. The number of amides is 1. The molecule has 13 heterocycles. The number of piperidine rings is 3. The van der Waals surface area contributed by atoms with Gasteiger partial charge in [0.2, 0.25) is 15.0 Å². The maximum atomic E-state index is 12.8. The van der Waals surface area contributed by atoms with Crippen molar-refractivity contribution < 1.29 is 75.9 Å². The van der Waals surface area contributed by atoms with Crippen LogP contribution in [0, 0.1) is 17.8 Å². The lowest BCUT2D eigenvalue weighted by Crippen LogP contribution is -2.38. The van der Waals surface area contributed by atoms with E-state index in [1.165, 1.54) is 12.1 Å². The van der Waals surface area contributed by atoms with Crippen LogP contribution in [0.2, 0.25) is 25.8 Å². The average Bonchev–Trinajstić information content (AvgIpc) is 1.54. The number of aliphatic hydroxyl groups excluding tert-OH is 3. The molecule has 10 aromatic rings. The van der Waals surface area contributed by atoms with Crippen molar-refractivity contribution in [3.63, 3.8) is 0 Å². The van der Waals surface area contributed by atoms with Crippen LogP contribution in [0.1, 0.15) is 90.6 Å². The number of aromatic nitrogens is 17. The second-order valence-electron chi connectivity index (χ2n) is 31.3. The molecule has 3 fully saturated rings. The van der Waals surface area contributed by atoms with E-state index in [2.05, 4.69) is 94.9 Å². The van der Waals surface area contributed by atoms with Crippen molar-refractivity contribution in [2.24, 2.45) is 44.6 Å². The number of nitrogens with zero attached hydrogens (tertiary/aromatic N) is 19. The highest BCUT2D eigenvalue weighted by molar-refractivity contribution is 7.90. The number of anilines is 5. The number of nitrogens with two attached hydrogens (primary N) is 4. The number of nitrogen functional groups attached to an aromatic ring is 3. The minimum Gasteiger partial charge on any atom is -0.489 e. The lowest BCUT2D eigenvalue weighted by atomic mass is 9.98. The predicted octanol–water partition coefficient (Wildman–Crippen LogP) is 9.06. The first kappa shape index (κ1) is 109. The van der Waals surface area contributed by atoms with Gasteiger partial charge in [-0.15, -0.1) is 0 Å². The van der Waals surface area contributed by atoms with E-state index >= 15 is 0 Å². The van der Waals surface area contributed by atoms with Crippen molar-refractivity contribution in [1.29, 1.82) is 0 Å². The molecule has 47 heteroatoms. The maximum absolute atomic E-state index is 12.8. The lowest BCUT2D eigenvalue weighted by molar-refractivity contribution is 0.0765. The number of rotatable bonds is 33. The van der Waals surface area contributed by atoms with E-state index in [4.69, 9.17) is 134 Å². The molecule has 0 aromatic carbocycles. The van der Waals surface area contributed by atoms with E-state index < -0.39 is 21.8 Å². The molecular weight excluding hydrogens is 1840 g/mol. The summed E-state index contributed by atoms with van der Waals surface area (Å²) in [5.74, 6) is 5.17. The summed E-state index contributed by atoms with van der Waals surface area (Å²) in [5.41, 5.74) is 28.4. The summed E-state index contributed by atoms with van der Waals surface area (Å²) in [6.45, 7) is 19.3. The van der Waals surface area contributed by atoms with Crippen LogP contribution in [0.3, 0.4) is 0 Å². The zero-order valence-electron chi connectivity index (χ0n) is 76.5. The number of imidazole rings is 3. The largest absolute Gasteiger partial charge is 0.489 e. The van der Waals surface area contributed by atoms with Gasteiger partial charge < -0.3 is 120 Å². The van der Waals surface area contributed by atoms with Crippen LogP contribution >= 0.6 is 58.0 Å². The third kappa shape index (κ3) is 38.7. The normalized spacial score (nSPS) is 14.8. The number of aliphatic hydroxyl groups is 3. The van der Waals surface area contributed by atoms with E-state index in [9.17, 15) is 18.3 Å². The molecule has 724 valence electrons. The molecule has 1 amide bonds. The lowest BCUT2D eigenvalue weighted by Gasteiger charge is -2.33. The highest BCUT2D eigenvalue weighted by Gasteiger charge is 2.28. The topological polar surface area (TPSA) is 534 Å². The molecule has 3 aliphatic rings. The molecule has 0 aliphatic carbocycles. The maximum Gasteiger partial charge on any atom is 0.320 e. The summed E-state index contributed by atoms with van der Waals surface area (Å²) in [5, 5.41) is 32.4. The number of ether oxygens (including phenoxy) is 10. The summed E-state index contributed by atoms with van der Waals surface area (Å²) >= 11 is 28.5. The fourth-order valence-electron chi connectivity index (χ4n) is 12.4. The molecule has 13 N–H and O–H groups in total. The Kier molecular flexibility index (Phi) is 46.2. The molecule has 0 bridgehead atoms. The Bertz CT molecular complexity index is 5210. The summed E-state index contributed by atoms with van der Waals surface area (Å²) < 4.78 is 82.1. The Hall–Kier alpha value is -10.3. The summed E-state index contributed by atoms with van der Waals surface area (Å²) in [6, 6.07) is 11.9. The van der Waals surface area contributed by atoms with Gasteiger partial charge in [0.15, 0.2) is 34.7 Å². The molecule has 3 aliphatic heterocycles. The van der Waals surface area contributed by atoms with Gasteiger partial charge in [-0.25, -0.2) is 48.3 Å². The zero-order valence-corrected chi connectivity index (χ0v) is 81.1. The van der Waals surface area contributed by atoms with E-state index in [-0.39, 0.29) is 93.2 Å². The van der Waals surface area contributed by atoms with Gasteiger partial charge in [0, 0.05) is 172 Å². The number of carbonyl (C=O) groups is 1. The van der Waals surface area contributed by atoms with Gasteiger partial charge in [-0.2, -0.15) is 29.9 Å². The minimum absolute atomic E-state index is 0.00965. The van der Waals surface area contributed by atoms with Crippen molar-refractivity contribution in [1.82, 2.24) is 94.1 Å². The molecule has 132 heavy (non-hydrogen) atoms. The van der Waals surface area contributed by atoms with Crippen LogP contribution in [0.4, 0.5) is 29.1 Å². The van der Waals surface area contributed by atoms with E-state index in [1.54, 1.807) is 98.9 Å². The Labute approximate surface area is 794 Å². The second-order valence-corrected chi connectivity index (χ2v) is 35.2. The standard InChI is InChI=1S/C27H38N8O5.C23H30ClN7O3.C15H21N5O.C8H10Cl2N2O2.C5H4Cl2N2O2S.C4H10O2.C3H9NO/c1-17(13-36)31-26(37)21-10-24(33-27(32-21)40-18(2)14-38-4)35-7-5-19(6-8-35)15-39-23-9-20(11-29-25(23)28)22-12-34(3)16-30-22;1-15(12-32-3)34-23-28-20(24)9-21(29-23)31-6-4-16(5-7-31)13-33-19-8-17(10-26-22(19)25)18-11-30(2)14-27-18;1-20-8-13(19-10-20)12-6-14(15(16)18-7-12)21-9-11-2-4-17-5-3-11;1-5(4-13-2)14-8-11-6(9)3-7(10)12-8;1-12(10,11)5-8-3(6)2-4(7)9-5;1-4(5)3-6-2;1-3(4)2-5/h9-12,16-19,36H,5-8,13-15H2,1-4H3,(H2,28,29)(H,31,37);8-11,14-16H,4-7,12-13H2,1-3H3,(H2,25,26);6-8,10-11,17H,2-5,9H2,1H3,(H2,16,18);3,5H,4H2,1-2H3;2H,1H3;4-5H,3H2,1-2H3;3,5H,2,4H2,1H3/t17-,18-;15-;;5-;;4-;3-/m11.1.11/s1. The summed E-state index contributed by atoms with van der Waals surface area (Å²) in [7, 11) is 8.70. The number of carbonyl (C=O) groups excluding carboxylic acids is 1. The molecule has 0 unspecified atom stereocenters. The minimum atomic E-state index is -3.44. The average molecular weight is 1960 g/mol. The van der Waals surface area contributed by atoms with Crippen molar-refractivity contribution in [3.8, 4) is 69.1 Å². The van der Waals surface area contributed by atoms with Gasteiger partial charge in [0.05, 0.1) is 102 Å². The van der Waals surface area contributed by atoms with Crippen LogP contribution in [0.25, 0.3) is 33.8 Å². The van der Waals surface area contributed by atoms with E-state index in [0.29, 0.717) is 123 Å². The number of halogens is 5. The SMILES string of the molecule is COC[C@@H](C)O.COC[C@@H](C)Oc1nc(C(=O)N[C@H](C)CO)cc(N2CCC(COc3cc(-c4cn(C)cn4)cnc3N)CC2)n1.COC[C@@H](C)Oc1nc(Cl)cc(Cl)n1.COC[C@@H](C)Oc1nc(Cl)cc(N2CCC(COc3cc(-c4cn(C)cn4)cnc3N)CC2)n1.CS(=O)(=O)c1nc(Cl)cc(Cl)n1.C[C@@H](N)CO.Cn1cnc(-c2cnc(N)c(OCC3CCNCC3)c2)c1. The highest BCUT2D eigenvalue weighted by Crippen LogP contribution is 2.34. The first-order chi connectivity index (χ1) is 62.9. The summed E-state index contributed by atoms with van der Waals surface area (Å²) in [6.07, 6.45) is 22.1. The number of hydrogen-bond donors (Lipinski definition) is 9. The molecular formula is C85H122Cl5N25O16S. The third-order valence-corrected chi connectivity index (χ3v) is 20.9. The Morgan fingerprint density at radius 1 is 0.485 bits per heavy atom. The smallest absolute Gasteiger partial charge is 0.320 e. The fraction of sp³-hybridized carbons (Fsp3) is 0.518. The quantitative estimate of drug-likeness (QED) is 0.0137. The first-order valence-electron chi connectivity index (χ1n) is 42.2. The van der Waals surface area contributed by atoms with E-state index in [1.807, 2.05) is 92.4 Å². The van der Waals surface area contributed by atoms with Gasteiger partial charge in [-0.3, -0.25) is 4.79 Å². The molecule has 10 aromatic heterocycles. The Morgan fingerprint density at radius 2 is 0.818 bits per heavy atom. The van der Waals surface area contributed by atoms with Crippen LogP contribution in [-0.4, -0.2) is 283 Å². The molecule has 13 rings (SSSR count). The van der Waals surface area contributed by atoms with Crippen molar-refractivity contribution in [2.45, 2.75) is 122 Å². The Morgan fingerprint density at radius 3 is 1.14 bits per heavy atom. The van der Waals surface area contributed by atoms with Gasteiger partial charge in [-0.1, -0.05) is 58.0 Å². The highest BCUT2D eigenvalue weighted by atomic mass is 35.5. The molecule has 41 nitrogen and oxygen atoms in total. The van der Waals surface area contributed by atoms with Gasteiger partial charge in [0.1, 0.15) is 61.4 Å².